The summed E-state index contributed by atoms with van der Waals surface area (Å²) < 4.78 is 12.9. The molecule has 88 valence electrons. The van der Waals surface area contributed by atoms with Crippen molar-refractivity contribution in [1.82, 2.24) is 4.90 Å². The molecule has 1 aromatic rings. The third-order valence-corrected chi connectivity index (χ3v) is 2.47. The zero-order chi connectivity index (χ0) is 12.3. The average molecular weight is 264 g/mol. The van der Waals surface area contributed by atoms with Gasteiger partial charge in [0.1, 0.15) is 5.82 Å². The number of hydrogen-bond donors (Lipinski definition) is 0. The molecule has 0 saturated heterocycles. The summed E-state index contributed by atoms with van der Waals surface area (Å²) in [6.07, 6.45) is 0. The minimum Gasteiger partial charge on any atom is -0.340 e. The zero-order valence-corrected chi connectivity index (χ0v) is 10.5. The van der Waals surface area contributed by atoms with Gasteiger partial charge in [0.25, 0.3) is 5.91 Å². The fraction of sp³-hybridized carbons (Fsp3) is 0.364. The van der Waals surface area contributed by atoms with E-state index in [9.17, 15) is 9.18 Å². The number of rotatable bonds is 3. The van der Waals surface area contributed by atoms with E-state index in [0.29, 0.717) is 12.1 Å². The quantitative estimate of drug-likeness (QED) is 0.768. The van der Waals surface area contributed by atoms with Crippen molar-refractivity contribution in [2.45, 2.75) is 12.3 Å². The normalized spacial score (nSPS) is 12.3. The van der Waals surface area contributed by atoms with Gasteiger partial charge in [0.15, 0.2) is 0 Å². The Hall–Kier alpha value is -0.800. The Morgan fingerprint density at radius 1 is 1.56 bits per heavy atom. The molecule has 0 aliphatic carbocycles. The summed E-state index contributed by atoms with van der Waals surface area (Å²) in [4.78, 5) is 13.3. The maximum atomic E-state index is 12.9. The fourth-order valence-electron chi connectivity index (χ4n) is 1.31. The van der Waals surface area contributed by atoms with Gasteiger partial charge in [-0.05, 0) is 25.1 Å². The molecule has 16 heavy (non-hydrogen) atoms. The third-order valence-electron chi connectivity index (χ3n) is 2.04. The summed E-state index contributed by atoms with van der Waals surface area (Å²) in [5.41, 5.74) is 0.353. The highest BCUT2D eigenvalue weighted by Crippen LogP contribution is 2.17. The summed E-state index contributed by atoms with van der Waals surface area (Å²) in [5.74, 6) is -0.763. The van der Waals surface area contributed by atoms with E-state index in [-0.39, 0.29) is 16.3 Å². The molecule has 0 bridgehead atoms. The smallest absolute Gasteiger partial charge is 0.253 e. The Bertz CT molecular complexity index is 396. The molecule has 0 saturated carbocycles. The van der Waals surface area contributed by atoms with E-state index in [1.165, 1.54) is 23.1 Å². The highest BCUT2D eigenvalue weighted by molar-refractivity contribution is 6.31. The average Bonchev–Trinajstić information content (AvgIpc) is 2.20. The predicted octanol–water partition coefficient (Wildman–Crippen LogP) is 3.18. The molecule has 0 fully saturated rings. The van der Waals surface area contributed by atoms with E-state index in [0.717, 1.165) is 0 Å². The van der Waals surface area contributed by atoms with Crippen molar-refractivity contribution in [2.75, 3.05) is 13.6 Å². The van der Waals surface area contributed by atoms with Gasteiger partial charge in [0.2, 0.25) is 0 Å². The number of alkyl halides is 1. The SMILES string of the molecule is CC(Cl)CN(C)C(=O)c1ccc(F)c(Cl)c1. The Balaban J connectivity index is 2.84. The van der Waals surface area contributed by atoms with E-state index in [2.05, 4.69) is 0 Å². The monoisotopic (exact) mass is 263 g/mol. The summed E-state index contributed by atoms with van der Waals surface area (Å²) >= 11 is 11.4. The third kappa shape index (κ3) is 3.35. The molecule has 1 atom stereocenters. The maximum absolute atomic E-state index is 12.9. The molecule has 0 aliphatic heterocycles. The van der Waals surface area contributed by atoms with Crippen molar-refractivity contribution >= 4 is 29.1 Å². The standard InChI is InChI=1S/C11H12Cl2FNO/c1-7(12)6-15(2)11(16)8-3-4-10(14)9(13)5-8/h3-5,7H,6H2,1-2H3. The number of benzene rings is 1. The molecule has 0 heterocycles. The van der Waals surface area contributed by atoms with E-state index in [1.54, 1.807) is 14.0 Å². The van der Waals surface area contributed by atoms with E-state index in [4.69, 9.17) is 23.2 Å². The van der Waals surface area contributed by atoms with Crippen LogP contribution in [-0.4, -0.2) is 29.8 Å². The second kappa shape index (κ2) is 5.51. The van der Waals surface area contributed by atoms with Crippen molar-refractivity contribution < 1.29 is 9.18 Å². The molecule has 0 aromatic heterocycles. The van der Waals surface area contributed by atoms with Gasteiger partial charge in [-0.2, -0.15) is 0 Å². The lowest BCUT2D eigenvalue weighted by molar-refractivity contribution is 0.0796. The summed E-state index contributed by atoms with van der Waals surface area (Å²) in [7, 11) is 1.64. The number of carbonyl (C=O) groups excluding carboxylic acids is 1. The van der Waals surface area contributed by atoms with Gasteiger partial charge < -0.3 is 4.90 Å². The number of carbonyl (C=O) groups is 1. The first-order valence-corrected chi connectivity index (χ1v) is 5.58. The molecule has 1 rings (SSSR count). The first kappa shape index (κ1) is 13.3. The Kier molecular flexibility index (Phi) is 4.56. The van der Waals surface area contributed by atoms with Crippen LogP contribution in [0.3, 0.4) is 0 Å². The van der Waals surface area contributed by atoms with Crippen LogP contribution in [0.2, 0.25) is 5.02 Å². The minimum atomic E-state index is -0.536. The Morgan fingerprint density at radius 3 is 2.69 bits per heavy atom. The van der Waals surface area contributed by atoms with Gasteiger partial charge in [-0.15, -0.1) is 11.6 Å². The van der Waals surface area contributed by atoms with Crippen LogP contribution in [0.5, 0.6) is 0 Å². The summed E-state index contributed by atoms with van der Waals surface area (Å²) in [6, 6.07) is 3.89. The van der Waals surface area contributed by atoms with Gasteiger partial charge >= 0.3 is 0 Å². The van der Waals surface area contributed by atoms with Gasteiger partial charge in [0, 0.05) is 24.5 Å². The Morgan fingerprint density at radius 2 is 2.19 bits per heavy atom. The highest BCUT2D eigenvalue weighted by atomic mass is 35.5. The van der Waals surface area contributed by atoms with Crippen LogP contribution in [0.1, 0.15) is 17.3 Å². The minimum absolute atomic E-state index is 0.0572. The van der Waals surface area contributed by atoms with Crippen molar-refractivity contribution in [2.24, 2.45) is 0 Å². The topological polar surface area (TPSA) is 20.3 Å². The van der Waals surface area contributed by atoms with Gasteiger partial charge in [0.05, 0.1) is 5.02 Å². The van der Waals surface area contributed by atoms with Crippen LogP contribution < -0.4 is 0 Å². The first-order valence-electron chi connectivity index (χ1n) is 4.76. The van der Waals surface area contributed by atoms with Crippen LogP contribution in [-0.2, 0) is 0 Å². The van der Waals surface area contributed by atoms with Gasteiger partial charge in [-0.3, -0.25) is 4.79 Å². The van der Waals surface area contributed by atoms with E-state index >= 15 is 0 Å². The fourth-order valence-corrected chi connectivity index (χ4v) is 1.70. The number of hydrogen-bond acceptors (Lipinski definition) is 1. The second-order valence-corrected chi connectivity index (χ2v) is 4.75. The molecule has 0 aliphatic rings. The van der Waals surface area contributed by atoms with Crippen molar-refractivity contribution in [1.29, 1.82) is 0 Å². The predicted molar refractivity (Wildman–Crippen MR) is 63.7 cm³/mol. The van der Waals surface area contributed by atoms with Crippen molar-refractivity contribution in [3.05, 3.63) is 34.6 Å². The molecule has 0 N–H and O–H groups in total. The highest BCUT2D eigenvalue weighted by Gasteiger charge is 2.14. The van der Waals surface area contributed by atoms with Crippen LogP contribution in [0.15, 0.2) is 18.2 Å². The lowest BCUT2D eigenvalue weighted by Crippen LogP contribution is -2.31. The molecule has 1 unspecified atom stereocenters. The maximum Gasteiger partial charge on any atom is 0.253 e. The molecule has 5 heteroatoms. The second-order valence-electron chi connectivity index (χ2n) is 3.60. The lowest BCUT2D eigenvalue weighted by Gasteiger charge is -2.18. The van der Waals surface area contributed by atoms with Gasteiger partial charge in [-0.25, -0.2) is 4.39 Å². The van der Waals surface area contributed by atoms with Crippen LogP contribution in [0.25, 0.3) is 0 Å². The van der Waals surface area contributed by atoms with Gasteiger partial charge in [-0.1, -0.05) is 11.6 Å². The van der Waals surface area contributed by atoms with E-state index in [1.807, 2.05) is 0 Å². The van der Waals surface area contributed by atoms with Crippen LogP contribution in [0.4, 0.5) is 4.39 Å². The number of nitrogens with zero attached hydrogens (tertiary/aromatic N) is 1. The molecular formula is C11H12Cl2FNO. The summed E-state index contributed by atoms with van der Waals surface area (Å²) in [5, 5.41) is -0.192. The Labute approximate surface area is 104 Å². The van der Waals surface area contributed by atoms with Crippen molar-refractivity contribution in [3.63, 3.8) is 0 Å². The lowest BCUT2D eigenvalue weighted by atomic mass is 10.2. The molecule has 1 aromatic carbocycles. The van der Waals surface area contributed by atoms with Crippen LogP contribution in [0, 0.1) is 5.82 Å². The van der Waals surface area contributed by atoms with Crippen LogP contribution >= 0.6 is 23.2 Å². The van der Waals surface area contributed by atoms with E-state index < -0.39 is 5.82 Å². The number of halogens is 3. The number of amides is 1. The van der Waals surface area contributed by atoms with Crippen molar-refractivity contribution in [3.8, 4) is 0 Å². The molecular weight excluding hydrogens is 252 g/mol. The summed E-state index contributed by atoms with van der Waals surface area (Å²) in [6.45, 7) is 2.22. The first-order chi connectivity index (χ1) is 7.41. The molecule has 0 radical (unpaired) electrons. The molecule has 1 amide bonds. The molecule has 2 nitrogen and oxygen atoms in total. The molecule has 0 spiro atoms. The largest absolute Gasteiger partial charge is 0.340 e. The zero-order valence-electron chi connectivity index (χ0n) is 9.01.